The highest BCUT2D eigenvalue weighted by molar-refractivity contribution is 9.10. The Labute approximate surface area is 174 Å². The van der Waals surface area contributed by atoms with Crippen LogP contribution < -0.4 is 19.5 Å². The molecule has 1 N–H and O–H groups in total. The Morgan fingerprint density at radius 1 is 1.07 bits per heavy atom. The van der Waals surface area contributed by atoms with Gasteiger partial charge in [0.1, 0.15) is 31.3 Å². The van der Waals surface area contributed by atoms with Gasteiger partial charge in [-0.2, -0.15) is 0 Å². The summed E-state index contributed by atoms with van der Waals surface area (Å²) in [6.45, 7) is 1.15. The molecule has 28 heavy (non-hydrogen) atoms. The molecule has 0 unspecified atom stereocenters. The normalized spacial score (nSPS) is 12.5. The Hall–Kier alpha value is -2.64. The number of hydrogen-bond acceptors (Lipinski definition) is 5. The van der Waals surface area contributed by atoms with Gasteiger partial charge in [0.25, 0.3) is 5.91 Å². The molecule has 144 valence electrons. The van der Waals surface area contributed by atoms with Crippen molar-refractivity contribution in [2.45, 2.75) is 6.61 Å². The van der Waals surface area contributed by atoms with Crippen LogP contribution in [0.25, 0.3) is 0 Å². The maximum atomic E-state index is 12.4. The summed E-state index contributed by atoms with van der Waals surface area (Å²) in [7, 11) is 0. The van der Waals surface area contributed by atoms with Crippen molar-refractivity contribution in [2.24, 2.45) is 0 Å². The van der Waals surface area contributed by atoms with Crippen LogP contribution in [0.2, 0.25) is 5.02 Å². The number of rotatable bonds is 5. The third kappa shape index (κ3) is 4.26. The molecule has 2 heterocycles. The molecule has 0 aliphatic carbocycles. The van der Waals surface area contributed by atoms with Crippen LogP contribution in [0.3, 0.4) is 0 Å². The van der Waals surface area contributed by atoms with Gasteiger partial charge >= 0.3 is 0 Å². The molecule has 3 aromatic rings. The van der Waals surface area contributed by atoms with E-state index in [2.05, 4.69) is 21.2 Å². The van der Waals surface area contributed by atoms with E-state index >= 15 is 0 Å². The largest absolute Gasteiger partial charge is 0.486 e. The SMILES string of the molecule is O=C(Nc1ccc2c(c1)OCCO2)c1ccc(COc2ccc(Br)cc2Cl)o1. The average Bonchev–Trinajstić information content (AvgIpc) is 3.16. The first-order valence-corrected chi connectivity index (χ1v) is 9.63. The minimum atomic E-state index is -0.371. The summed E-state index contributed by atoms with van der Waals surface area (Å²) in [6.07, 6.45) is 0. The van der Waals surface area contributed by atoms with Crippen molar-refractivity contribution < 1.29 is 23.4 Å². The monoisotopic (exact) mass is 463 g/mol. The minimum absolute atomic E-state index is 0.151. The van der Waals surface area contributed by atoms with E-state index in [0.29, 0.717) is 46.9 Å². The van der Waals surface area contributed by atoms with Crippen molar-refractivity contribution in [3.8, 4) is 17.2 Å². The second-order valence-corrected chi connectivity index (χ2v) is 7.26. The van der Waals surface area contributed by atoms with E-state index < -0.39 is 0 Å². The number of nitrogens with one attached hydrogen (secondary N) is 1. The van der Waals surface area contributed by atoms with Crippen LogP contribution in [0.15, 0.2) is 57.4 Å². The van der Waals surface area contributed by atoms with Crippen molar-refractivity contribution in [1.82, 2.24) is 0 Å². The van der Waals surface area contributed by atoms with E-state index in [4.69, 9.17) is 30.2 Å². The molecule has 1 aliphatic heterocycles. The predicted octanol–water partition coefficient (Wildman–Crippen LogP) is 5.30. The quantitative estimate of drug-likeness (QED) is 0.555. The first-order chi connectivity index (χ1) is 13.6. The van der Waals surface area contributed by atoms with Crippen molar-refractivity contribution in [1.29, 1.82) is 0 Å². The van der Waals surface area contributed by atoms with E-state index in [1.807, 2.05) is 6.07 Å². The van der Waals surface area contributed by atoms with Crippen LogP contribution in [0.5, 0.6) is 17.2 Å². The van der Waals surface area contributed by atoms with Crippen LogP contribution in [0.4, 0.5) is 5.69 Å². The minimum Gasteiger partial charge on any atom is -0.486 e. The van der Waals surface area contributed by atoms with Crippen molar-refractivity contribution >= 4 is 39.1 Å². The van der Waals surface area contributed by atoms with Crippen molar-refractivity contribution in [3.63, 3.8) is 0 Å². The van der Waals surface area contributed by atoms with Gasteiger partial charge in [-0.05, 0) is 42.5 Å². The Bertz CT molecular complexity index is 1020. The van der Waals surface area contributed by atoms with E-state index in [1.54, 1.807) is 42.5 Å². The fraction of sp³-hybridized carbons (Fsp3) is 0.150. The number of halogens is 2. The second-order valence-electron chi connectivity index (χ2n) is 5.94. The standard InChI is InChI=1S/C20H15BrClNO5/c21-12-1-4-16(15(22)9-12)27-11-14-3-6-18(28-14)20(24)23-13-2-5-17-19(10-13)26-8-7-25-17/h1-6,9-10H,7-8,11H2,(H,23,24). The molecule has 0 saturated carbocycles. The van der Waals surface area contributed by atoms with Crippen LogP contribution in [-0.2, 0) is 6.61 Å². The fourth-order valence-electron chi connectivity index (χ4n) is 2.63. The number of carbonyl (C=O) groups is 1. The molecule has 0 fully saturated rings. The molecule has 4 rings (SSSR count). The molecule has 0 bridgehead atoms. The zero-order chi connectivity index (χ0) is 19.5. The highest BCUT2D eigenvalue weighted by Crippen LogP contribution is 2.33. The third-order valence-corrected chi connectivity index (χ3v) is 4.74. The molecule has 0 atom stereocenters. The van der Waals surface area contributed by atoms with Crippen molar-refractivity contribution in [3.05, 3.63) is 69.5 Å². The highest BCUT2D eigenvalue weighted by atomic mass is 79.9. The summed E-state index contributed by atoms with van der Waals surface area (Å²) in [4.78, 5) is 12.4. The Morgan fingerprint density at radius 2 is 1.89 bits per heavy atom. The van der Waals surface area contributed by atoms with E-state index in [9.17, 15) is 4.79 Å². The lowest BCUT2D eigenvalue weighted by Gasteiger charge is -2.18. The van der Waals surface area contributed by atoms with Crippen LogP contribution in [0, 0.1) is 0 Å². The van der Waals surface area contributed by atoms with Gasteiger partial charge in [-0.1, -0.05) is 27.5 Å². The summed E-state index contributed by atoms with van der Waals surface area (Å²) in [6, 6.07) is 13.8. The summed E-state index contributed by atoms with van der Waals surface area (Å²) in [5.41, 5.74) is 0.588. The zero-order valence-corrected chi connectivity index (χ0v) is 16.9. The molecule has 6 nitrogen and oxygen atoms in total. The Morgan fingerprint density at radius 3 is 2.71 bits per heavy atom. The van der Waals surface area contributed by atoms with Gasteiger partial charge in [0, 0.05) is 16.2 Å². The van der Waals surface area contributed by atoms with Gasteiger partial charge in [0.15, 0.2) is 17.3 Å². The Balaban J connectivity index is 1.39. The average molecular weight is 465 g/mol. The molecule has 0 spiro atoms. The third-order valence-electron chi connectivity index (χ3n) is 3.95. The fourth-order valence-corrected chi connectivity index (χ4v) is 3.36. The lowest BCUT2D eigenvalue weighted by molar-refractivity contribution is 0.0992. The van der Waals surface area contributed by atoms with Crippen LogP contribution >= 0.6 is 27.5 Å². The lowest BCUT2D eigenvalue weighted by Crippen LogP contribution is -2.16. The van der Waals surface area contributed by atoms with Gasteiger partial charge in [0.2, 0.25) is 0 Å². The number of amides is 1. The van der Waals surface area contributed by atoms with Crippen LogP contribution in [0.1, 0.15) is 16.3 Å². The summed E-state index contributed by atoms with van der Waals surface area (Å²) < 4.78 is 23.1. The van der Waals surface area contributed by atoms with E-state index in [0.717, 1.165) is 4.47 Å². The maximum Gasteiger partial charge on any atom is 0.291 e. The molecular weight excluding hydrogens is 450 g/mol. The number of hydrogen-bond donors (Lipinski definition) is 1. The molecule has 1 aromatic heterocycles. The molecule has 0 saturated heterocycles. The van der Waals surface area contributed by atoms with Gasteiger partial charge in [-0.15, -0.1) is 0 Å². The van der Waals surface area contributed by atoms with Crippen molar-refractivity contribution in [2.75, 3.05) is 18.5 Å². The summed E-state index contributed by atoms with van der Waals surface area (Å²) >= 11 is 9.46. The zero-order valence-electron chi connectivity index (χ0n) is 14.5. The smallest absolute Gasteiger partial charge is 0.291 e. The Kier molecular flexibility index (Phi) is 5.45. The van der Waals surface area contributed by atoms with Gasteiger partial charge in [0.05, 0.1) is 5.02 Å². The molecular formula is C20H15BrClNO5. The highest BCUT2D eigenvalue weighted by Gasteiger charge is 2.16. The summed E-state index contributed by atoms with van der Waals surface area (Å²) in [5, 5.41) is 3.26. The molecule has 1 aliphatic rings. The number of carbonyl (C=O) groups excluding carboxylic acids is 1. The maximum absolute atomic E-state index is 12.4. The second kappa shape index (κ2) is 8.16. The molecule has 0 radical (unpaired) electrons. The number of ether oxygens (including phenoxy) is 3. The van der Waals surface area contributed by atoms with Crippen LogP contribution in [-0.4, -0.2) is 19.1 Å². The van der Waals surface area contributed by atoms with Gasteiger partial charge < -0.3 is 23.9 Å². The lowest BCUT2D eigenvalue weighted by atomic mass is 10.2. The topological polar surface area (TPSA) is 69.9 Å². The predicted molar refractivity (Wildman–Crippen MR) is 108 cm³/mol. The van der Waals surface area contributed by atoms with Gasteiger partial charge in [-0.25, -0.2) is 0 Å². The number of furan rings is 1. The first kappa shape index (κ1) is 18.7. The summed E-state index contributed by atoms with van der Waals surface area (Å²) in [5.74, 6) is 2.10. The number of anilines is 1. The van der Waals surface area contributed by atoms with E-state index in [-0.39, 0.29) is 18.3 Å². The molecule has 2 aromatic carbocycles. The molecule has 8 heteroatoms. The van der Waals surface area contributed by atoms with Gasteiger partial charge in [-0.3, -0.25) is 4.79 Å². The number of benzene rings is 2. The number of fused-ring (bicyclic) bond motifs is 1. The van der Waals surface area contributed by atoms with E-state index in [1.165, 1.54) is 0 Å². The molecule has 1 amide bonds. The first-order valence-electron chi connectivity index (χ1n) is 8.46.